The van der Waals surface area contributed by atoms with E-state index in [4.69, 9.17) is 5.11 Å². The molecule has 2 rings (SSSR count). The highest BCUT2D eigenvalue weighted by molar-refractivity contribution is 5.89. The highest BCUT2D eigenvalue weighted by Crippen LogP contribution is 2.26. The first-order valence-corrected chi connectivity index (χ1v) is 5.59. The highest BCUT2D eigenvalue weighted by Gasteiger charge is 2.08. The van der Waals surface area contributed by atoms with Crippen LogP contribution in [0.3, 0.4) is 0 Å². The van der Waals surface area contributed by atoms with E-state index >= 15 is 0 Å². The van der Waals surface area contributed by atoms with Crippen molar-refractivity contribution in [2.75, 3.05) is 0 Å². The summed E-state index contributed by atoms with van der Waals surface area (Å²) in [6.45, 7) is 3.56. The molecule has 2 nitrogen and oxygen atoms in total. The van der Waals surface area contributed by atoms with E-state index in [9.17, 15) is 9.18 Å². The number of hydrogen-bond donors (Lipinski definition) is 1. The summed E-state index contributed by atoms with van der Waals surface area (Å²) in [5.74, 6) is -1.18. The van der Waals surface area contributed by atoms with Crippen LogP contribution < -0.4 is 0 Å². The zero-order valence-electron chi connectivity index (χ0n) is 10.2. The first-order valence-electron chi connectivity index (χ1n) is 5.59. The Labute approximate surface area is 105 Å². The van der Waals surface area contributed by atoms with Gasteiger partial charge >= 0.3 is 5.97 Å². The molecular weight excluding hydrogens is 231 g/mol. The van der Waals surface area contributed by atoms with Gasteiger partial charge in [0.25, 0.3) is 0 Å². The molecule has 0 unspecified atom stereocenters. The maximum absolute atomic E-state index is 13.2. The Morgan fingerprint density at radius 3 is 2.33 bits per heavy atom. The van der Waals surface area contributed by atoms with E-state index in [1.165, 1.54) is 6.07 Å². The molecule has 0 saturated heterocycles. The van der Waals surface area contributed by atoms with E-state index in [1.54, 1.807) is 37.3 Å². The fraction of sp³-hybridized carbons (Fsp3) is 0.133. The number of carboxylic acid groups (broad SMARTS) is 1. The monoisotopic (exact) mass is 244 g/mol. The number of rotatable bonds is 2. The van der Waals surface area contributed by atoms with Crippen molar-refractivity contribution in [2.24, 2.45) is 0 Å². The first-order chi connectivity index (χ1) is 8.49. The van der Waals surface area contributed by atoms with Gasteiger partial charge < -0.3 is 5.11 Å². The lowest BCUT2D eigenvalue weighted by molar-refractivity contribution is 0.0697. The molecule has 0 atom stereocenters. The highest BCUT2D eigenvalue weighted by atomic mass is 19.1. The summed E-state index contributed by atoms with van der Waals surface area (Å²) in [6.07, 6.45) is 0. The Morgan fingerprint density at radius 1 is 1.06 bits per heavy atom. The zero-order chi connectivity index (χ0) is 13.3. The van der Waals surface area contributed by atoms with Crippen molar-refractivity contribution >= 4 is 5.97 Å². The van der Waals surface area contributed by atoms with Gasteiger partial charge in [-0.25, -0.2) is 9.18 Å². The minimum absolute atomic E-state index is 0.237. The predicted molar refractivity (Wildman–Crippen MR) is 68.3 cm³/mol. The minimum Gasteiger partial charge on any atom is -0.478 e. The number of aryl methyl sites for hydroxylation is 2. The normalized spacial score (nSPS) is 10.4. The van der Waals surface area contributed by atoms with Crippen molar-refractivity contribution in [3.63, 3.8) is 0 Å². The summed E-state index contributed by atoms with van der Waals surface area (Å²) in [6, 6.07) is 9.82. The molecule has 0 saturated carbocycles. The van der Waals surface area contributed by atoms with Gasteiger partial charge in [0, 0.05) is 0 Å². The van der Waals surface area contributed by atoms with Crippen LogP contribution in [0.25, 0.3) is 11.1 Å². The van der Waals surface area contributed by atoms with Gasteiger partial charge in [0.05, 0.1) is 5.56 Å². The topological polar surface area (TPSA) is 37.3 Å². The average Bonchev–Trinajstić information content (AvgIpc) is 2.32. The lowest BCUT2D eigenvalue weighted by Crippen LogP contribution is -1.97. The van der Waals surface area contributed by atoms with E-state index in [0.717, 1.165) is 16.7 Å². The largest absolute Gasteiger partial charge is 0.478 e. The van der Waals surface area contributed by atoms with Gasteiger partial charge in [-0.05, 0) is 60.4 Å². The lowest BCUT2D eigenvalue weighted by Gasteiger charge is -2.08. The van der Waals surface area contributed by atoms with Gasteiger partial charge in [-0.1, -0.05) is 12.1 Å². The molecule has 18 heavy (non-hydrogen) atoms. The van der Waals surface area contributed by atoms with Crippen LogP contribution in [0.15, 0.2) is 36.4 Å². The molecule has 0 amide bonds. The Hall–Kier alpha value is -2.16. The van der Waals surface area contributed by atoms with Crippen molar-refractivity contribution in [3.8, 4) is 11.1 Å². The Kier molecular flexibility index (Phi) is 3.15. The van der Waals surface area contributed by atoms with Gasteiger partial charge in [0.1, 0.15) is 5.82 Å². The number of halogens is 1. The van der Waals surface area contributed by atoms with E-state index in [0.29, 0.717) is 5.56 Å². The number of aromatic carboxylic acids is 1. The third-order valence-corrected chi connectivity index (χ3v) is 2.94. The van der Waals surface area contributed by atoms with Crippen LogP contribution in [0.2, 0.25) is 0 Å². The van der Waals surface area contributed by atoms with Crippen LogP contribution in [0, 0.1) is 19.7 Å². The van der Waals surface area contributed by atoms with E-state index in [1.807, 2.05) is 6.92 Å². The first kappa shape index (κ1) is 12.3. The molecule has 2 aromatic rings. The van der Waals surface area contributed by atoms with E-state index < -0.39 is 5.97 Å². The molecule has 92 valence electrons. The van der Waals surface area contributed by atoms with Crippen molar-refractivity contribution < 1.29 is 14.3 Å². The molecule has 0 heterocycles. The predicted octanol–water partition coefficient (Wildman–Crippen LogP) is 3.81. The fourth-order valence-corrected chi connectivity index (χ4v) is 1.93. The second kappa shape index (κ2) is 4.61. The second-order valence-corrected chi connectivity index (χ2v) is 4.30. The van der Waals surface area contributed by atoms with Crippen molar-refractivity contribution in [2.45, 2.75) is 13.8 Å². The van der Waals surface area contributed by atoms with Crippen molar-refractivity contribution in [1.82, 2.24) is 0 Å². The number of benzene rings is 2. The molecule has 3 heteroatoms. The summed E-state index contributed by atoms with van der Waals surface area (Å²) in [5.41, 5.74) is 3.51. The molecular formula is C15H13FO2. The molecule has 2 aromatic carbocycles. The SMILES string of the molecule is Cc1cc(-c2ccc(C(=O)O)cc2C)ccc1F. The summed E-state index contributed by atoms with van der Waals surface area (Å²) in [7, 11) is 0. The summed E-state index contributed by atoms with van der Waals surface area (Å²) >= 11 is 0. The third-order valence-electron chi connectivity index (χ3n) is 2.94. The van der Waals surface area contributed by atoms with Gasteiger partial charge in [-0.2, -0.15) is 0 Å². The van der Waals surface area contributed by atoms with Gasteiger partial charge in [-0.15, -0.1) is 0 Å². The molecule has 0 aromatic heterocycles. The molecule has 0 aliphatic carbocycles. The van der Waals surface area contributed by atoms with Crippen LogP contribution in [0.1, 0.15) is 21.5 Å². The molecule has 0 aliphatic rings. The van der Waals surface area contributed by atoms with E-state index in [2.05, 4.69) is 0 Å². The van der Waals surface area contributed by atoms with Crippen LogP contribution in [-0.2, 0) is 0 Å². The molecule has 0 aliphatic heterocycles. The van der Waals surface area contributed by atoms with Gasteiger partial charge in [0.15, 0.2) is 0 Å². The summed E-state index contributed by atoms with van der Waals surface area (Å²) < 4.78 is 13.2. The lowest BCUT2D eigenvalue weighted by atomic mass is 9.97. The van der Waals surface area contributed by atoms with Crippen LogP contribution >= 0.6 is 0 Å². The number of hydrogen-bond acceptors (Lipinski definition) is 1. The quantitative estimate of drug-likeness (QED) is 0.872. The fourth-order valence-electron chi connectivity index (χ4n) is 1.93. The van der Waals surface area contributed by atoms with Crippen LogP contribution in [-0.4, -0.2) is 11.1 Å². The molecule has 0 bridgehead atoms. The minimum atomic E-state index is -0.945. The average molecular weight is 244 g/mol. The maximum atomic E-state index is 13.2. The van der Waals surface area contributed by atoms with Crippen LogP contribution in [0.4, 0.5) is 4.39 Å². The standard InChI is InChI=1S/C15H13FO2/c1-9-7-12(15(17)18)3-5-13(9)11-4-6-14(16)10(2)8-11/h3-8H,1-2H3,(H,17,18). The Bertz CT molecular complexity index is 618. The third kappa shape index (κ3) is 2.25. The summed E-state index contributed by atoms with van der Waals surface area (Å²) in [5, 5.41) is 8.90. The zero-order valence-corrected chi connectivity index (χ0v) is 10.2. The number of carbonyl (C=O) groups is 1. The van der Waals surface area contributed by atoms with Crippen LogP contribution in [0.5, 0.6) is 0 Å². The number of carboxylic acids is 1. The molecule has 0 fully saturated rings. The van der Waals surface area contributed by atoms with Gasteiger partial charge in [0.2, 0.25) is 0 Å². The molecule has 1 N–H and O–H groups in total. The maximum Gasteiger partial charge on any atom is 0.335 e. The summed E-state index contributed by atoms with van der Waals surface area (Å²) in [4.78, 5) is 10.9. The smallest absolute Gasteiger partial charge is 0.335 e. The Balaban J connectivity index is 2.51. The second-order valence-electron chi connectivity index (χ2n) is 4.30. The van der Waals surface area contributed by atoms with Crippen molar-refractivity contribution in [1.29, 1.82) is 0 Å². The Morgan fingerprint density at radius 2 is 1.78 bits per heavy atom. The van der Waals surface area contributed by atoms with Gasteiger partial charge in [-0.3, -0.25) is 0 Å². The molecule has 0 spiro atoms. The van der Waals surface area contributed by atoms with E-state index in [-0.39, 0.29) is 11.4 Å². The molecule has 0 radical (unpaired) electrons. The van der Waals surface area contributed by atoms with Crippen molar-refractivity contribution in [3.05, 3.63) is 58.9 Å².